The summed E-state index contributed by atoms with van der Waals surface area (Å²) in [5.41, 5.74) is 3.24. The Labute approximate surface area is 103 Å². The van der Waals surface area contributed by atoms with Crippen LogP contribution in [0.25, 0.3) is 0 Å². The molecule has 0 bridgehead atoms. The fourth-order valence-corrected chi connectivity index (χ4v) is 1.97. The van der Waals surface area contributed by atoms with Crippen LogP contribution >= 0.6 is 11.3 Å². The first kappa shape index (κ1) is 11.6. The van der Waals surface area contributed by atoms with Crippen LogP contribution in [0, 0.1) is 24.1 Å². The molecule has 17 heavy (non-hydrogen) atoms. The lowest BCUT2D eigenvalue weighted by atomic mass is 10.1. The van der Waals surface area contributed by atoms with E-state index >= 15 is 0 Å². The van der Waals surface area contributed by atoms with Crippen LogP contribution in [0.2, 0.25) is 0 Å². The normalized spacial score (nSPS) is 9.94. The minimum Gasteiger partial charge on any atom is -0.380 e. The van der Waals surface area contributed by atoms with E-state index in [0.29, 0.717) is 23.4 Å². The number of thiazole rings is 1. The van der Waals surface area contributed by atoms with Gasteiger partial charge in [-0.1, -0.05) is 0 Å². The van der Waals surface area contributed by atoms with Crippen LogP contribution in [0.5, 0.6) is 0 Å². The molecule has 1 N–H and O–H groups in total. The van der Waals surface area contributed by atoms with Crippen LogP contribution in [0.1, 0.15) is 16.0 Å². The highest BCUT2D eigenvalue weighted by Gasteiger charge is 2.07. The second-order valence-corrected chi connectivity index (χ2v) is 4.53. The first-order chi connectivity index (χ1) is 8.20. The van der Waals surface area contributed by atoms with Gasteiger partial charge in [-0.05, 0) is 19.1 Å². The first-order valence-electron chi connectivity index (χ1n) is 5.02. The zero-order chi connectivity index (χ0) is 12.3. The van der Waals surface area contributed by atoms with Gasteiger partial charge in [-0.25, -0.2) is 4.39 Å². The molecule has 2 rings (SSSR count). The van der Waals surface area contributed by atoms with Gasteiger partial charge in [0.1, 0.15) is 5.82 Å². The molecule has 3 nitrogen and oxygen atoms in total. The molecule has 2 aromatic rings. The van der Waals surface area contributed by atoms with Crippen LogP contribution in [0.15, 0.2) is 23.8 Å². The molecule has 1 aromatic carbocycles. The lowest BCUT2D eigenvalue weighted by molar-refractivity contribution is 0.618. The number of benzene rings is 1. The maximum atomic E-state index is 13.5. The van der Waals surface area contributed by atoms with Crippen molar-refractivity contribution in [2.24, 2.45) is 0 Å². The average Bonchev–Trinajstić information content (AvgIpc) is 2.84. The van der Waals surface area contributed by atoms with E-state index in [1.54, 1.807) is 24.7 Å². The Morgan fingerprint density at radius 2 is 2.35 bits per heavy atom. The summed E-state index contributed by atoms with van der Waals surface area (Å²) in [5, 5.41) is 11.9. The third-order valence-electron chi connectivity index (χ3n) is 2.41. The maximum Gasteiger partial charge on any atom is 0.129 e. The molecule has 1 aromatic heterocycles. The number of nitrogens with zero attached hydrogens (tertiary/aromatic N) is 2. The van der Waals surface area contributed by atoms with Crippen LogP contribution in [0.3, 0.4) is 0 Å². The Balaban J connectivity index is 2.20. The van der Waals surface area contributed by atoms with Gasteiger partial charge in [-0.3, -0.25) is 4.98 Å². The summed E-state index contributed by atoms with van der Waals surface area (Å²) in [6.07, 6.45) is 1.76. The summed E-state index contributed by atoms with van der Waals surface area (Å²) in [7, 11) is 0. The van der Waals surface area contributed by atoms with E-state index in [9.17, 15) is 4.39 Å². The molecule has 0 fully saturated rings. The molecule has 1 heterocycles. The second-order valence-electron chi connectivity index (χ2n) is 3.56. The third-order valence-corrected chi connectivity index (χ3v) is 3.19. The number of hydrogen-bond acceptors (Lipinski definition) is 4. The molecule has 0 aliphatic heterocycles. The van der Waals surface area contributed by atoms with Gasteiger partial charge < -0.3 is 5.32 Å². The van der Waals surface area contributed by atoms with Gasteiger partial charge in [0, 0.05) is 22.3 Å². The lowest BCUT2D eigenvalue weighted by Crippen LogP contribution is -2.01. The first-order valence-corrected chi connectivity index (χ1v) is 5.90. The summed E-state index contributed by atoms with van der Waals surface area (Å²) >= 11 is 1.53. The van der Waals surface area contributed by atoms with Crippen molar-refractivity contribution in [3.8, 4) is 6.07 Å². The molecule has 0 amide bonds. The van der Waals surface area contributed by atoms with E-state index in [4.69, 9.17) is 5.26 Å². The van der Waals surface area contributed by atoms with Crippen molar-refractivity contribution in [2.45, 2.75) is 13.5 Å². The van der Waals surface area contributed by atoms with Crippen LogP contribution in [-0.4, -0.2) is 4.98 Å². The van der Waals surface area contributed by atoms with Gasteiger partial charge in [0.25, 0.3) is 0 Å². The molecule has 86 valence electrons. The molecule has 5 heteroatoms. The summed E-state index contributed by atoms with van der Waals surface area (Å²) in [6, 6.07) is 4.83. The summed E-state index contributed by atoms with van der Waals surface area (Å²) in [4.78, 5) is 5.02. The summed E-state index contributed by atoms with van der Waals surface area (Å²) in [6.45, 7) is 2.27. The van der Waals surface area contributed by atoms with Gasteiger partial charge in [0.2, 0.25) is 0 Å². The molecule has 0 aliphatic rings. The number of hydrogen-bond donors (Lipinski definition) is 1. The largest absolute Gasteiger partial charge is 0.380 e. The van der Waals surface area contributed by atoms with Crippen molar-refractivity contribution in [1.29, 1.82) is 5.26 Å². The highest BCUT2D eigenvalue weighted by atomic mass is 32.1. The highest BCUT2D eigenvalue weighted by molar-refractivity contribution is 7.09. The minimum absolute atomic E-state index is 0.319. The molecular weight excluding hydrogens is 237 g/mol. The maximum absolute atomic E-state index is 13.5. The van der Waals surface area contributed by atoms with Crippen molar-refractivity contribution in [1.82, 2.24) is 4.98 Å². The number of nitriles is 1. The number of anilines is 1. The Hall–Kier alpha value is -1.93. The topological polar surface area (TPSA) is 48.7 Å². The molecule has 0 spiro atoms. The molecule has 0 unspecified atom stereocenters. The van der Waals surface area contributed by atoms with Crippen molar-refractivity contribution in [3.63, 3.8) is 0 Å². The molecule has 0 saturated carbocycles. The third kappa shape index (κ3) is 2.60. The zero-order valence-electron chi connectivity index (χ0n) is 9.20. The van der Waals surface area contributed by atoms with E-state index in [0.717, 1.165) is 4.88 Å². The van der Waals surface area contributed by atoms with E-state index in [1.165, 1.54) is 17.4 Å². The number of nitrogens with one attached hydrogen (secondary N) is 1. The molecule has 0 atom stereocenters. The van der Waals surface area contributed by atoms with Crippen molar-refractivity contribution in [2.75, 3.05) is 5.32 Å². The van der Waals surface area contributed by atoms with Crippen LogP contribution in [0.4, 0.5) is 10.1 Å². The quantitative estimate of drug-likeness (QED) is 0.906. The standard InChI is InChI=1S/C12H10FN3S/c1-8-11(13)2-9(4-14)3-12(8)16-6-10-5-15-7-17-10/h2-3,5,7,16H,6H2,1H3. The van der Waals surface area contributed by atoms with Gasteiger partial charge in [-0.2, -0.15) is 5.26 Å². The van der Waals surface area contributed by atoms with Crippen LogP contribution < -0.4 is 5.32 Å². The Kier molecular flexibility index (Phi) is 3.35. The number of aromatic nitrogens is 1. The zero-order valence-corrected chi connectivity index (χ0v) is 10.0. The van der Waals surface area contributed by atoms with E-state index in [-0.39, 0.29) is 5.82 Å². The number of halogens is 1. The Morgan fingerprint density at radius 1 is 1.53 bits per heavy atom. The fourth-order valence-electron chi connectivity index (χ4n) is 1.44. The highest BCUT2D eigenvalue weighted by Crippen LogP contribution is 2.21. The second kappa shape index (κ2) is 4.93. The predicted molar refractivity (Wildman–Crippen MR) is 65.3 cm³/mol. The molecule has 0 aliphatic carbocycles. The molecule has 0 radical (unpaired) electrons. The molecular formula is C12H10FN3S. The fraction of sp³-hybridized carbons (Fsp3) is 0.167. The lowest BCUT2D eigenvalue weighted by Gasteiger charge is -2.09. The number of rotatable bonds is 3. The minimum atomic E-state index is -0.365. The van der Waals surface area contributed by atoms with Gasteiger partial charge in [0.05, 0.1) is 23.7 Å². The monoisotopic (exact) mass is 247 g/mol. The van der Waals surface area contributed by atoms with E-state index < -0.39 is 0 Å². The van der Waals surface area contributed by atoms with Crippen molar-refractivity contribution < 1.29 is 4.39 Å². The smallest absolute Gasteiger partial charge is 0.129 e. The average molecular weight is 247 g/mol. The van der Waals surface area contributed by atoms with Gasteiger partial charge in [0.15, 0.2) is 0 Å². The predicted octanol–water partition coefficient (Wildman–Crippen LogP) is 3.07. The Bertz CT molecular complexity index is 558. The van der Waals surface area contributed by atoms with Crippen LogP contribution in [-0.2, 0) is 6.54 Å². The SMILES string of the molecule is Cc1c(F)cc(C#N)cc1NCc1cncs1. The molecule has 0 saturated heterocycles. The Morgan fingerprint density at radius 3 is 3.00 bits per heavy atom. The van der Waals surface area contributed by atoms with E-state index in [1.807, 2.05) is 6.07 Å². The van der Waals surface area contributed by atoms with Gasteiger partial charge in [-0.15, -0.1) is 11.3 Å². The summed E-state index contributed by atoms with van der Waals surface area (Å²) < 4.78 is 13.5. The summed E-state index contributed by atoms with van der Waals surface area (Å²) in [5.74, 6) is -0.365. The van der Waals surface area contributed by atoms with Crippen molar-refractivity contribution in [3.05, 3.63) is 45.7 Å². The van der Waals surface area contributed by atoms with Gasteiger partial charge >= 0.3 is 0 Å². The van der Waals surface area contributed by atoms with Crippen molar-refractivity contribution >= 4 is 17.0 Å². The van der Waals surface area contributed by atoms with E-state index in [2.05, 4.69) is 10.3 Å².